The van der Waals surface area contributed by atoms with Gasteiger partial charge in [-0.15, -0.1) is 11.3 Å². The number of fused-ring (bicyclic) bond motifs is 1. The Labute approximate surface area is 83.7 Å². The van der Waals surface area contributed by atoms with E-state index in [-0.39, 0.29) is 5.69 Å². The number of thiophene rings is 1. The van der Waals surface area contributed by atoms with Crippen molar-refractivity contribution in [2.75, 3.05) is 5.73 Å². The van der Waals surface area contributed by atoms with Gasteiger partial charge in [0.2, 0.25) is 0 Å². The molecule has 0 radical (unpaired) electrons. The summed E-state index contributed by atoms with van der Waals surface area (Å²) >= 11 is 1.08. The average molecular weight is 211 g/mol. The Kier molecular flexibility index (Phi) is 2.18. The molecule has 72 valence electrons. The van der Waals surface area contributed by atoms with E-state index in [9.17, 15) is 4.39 Å². The Hall–Kier alpha value is -1.11. The molecule has 4 N–H and O–H groups in total. The lowest BCUT2D eigenvalue weighted by molar-refractivity contribution is 0.427. The van der Waals surface area contributed by atoms with Crippen molar-refractivity contribution in [2.24, 2.45) is 0 Å². The lowest BCUT2D eigenvalue weighted by atomic mass is 9.89. The fraction of sp³-hybridized carbons (Fsp3) is 0. The first-order chi connectivity index (χ1) is 6.59. The van der Waals surface area contributed by atoms with Crippen molar-refractivity contribution in [1.29, 1.82) is 0 Å². The molecule has 0 aliphatic rings. The molecule has 0 amide bonds. The number of nitrogen functional groups attached to an aromatic ring is 1. The SMILES string of the molecule is Nc1c(F)ccc2cc(B(O)O)sc12. The normalized spacial score (nSPS) is 10.8. The van der Waals surface area contributed by atoms with Gasteiger partial charge in [-0.3, -0.25) is 0 Å². The largest absolute Gasteiger partial charge is 0.499 e. The van der Waals surface area contributed by atoms with Crippen LogP contribution in [0.2, 0.25) is 0 Å². The molecule has 2 rings (SSSR count). The van der Waals surface area contributed by atoms with Gasteiger partial charge in [0.15, 0.2) is 0 Å². The van der Waals surface area contributed by atoms with Gasteiger partial charge in [-0.2, -0.15) is 0 Å². The van der Waals surface area contributed by atoms with E-state index in [1.165, 1.54) is 6.07 Å². The Morgan fingerprint density at radius 1 is 1.36 bits per heavy atom. The van der Waals surface area contributed by atoms with Gasteiger partial charge in [0.1, 0.15) is 5.82 Å². The van der Waals surface area contributed by atoms with Crippen LogP contribution in [0.15, 0.2) is 18.2 Å². The molecule has 0 fully saturated rings. The maximum absolute atomic E-state index is 13.0. The van der Waals surface area contributed by atoms with E-state index in [2.05, 4.69) is 0 Å². The molecule has 2 aromatic rings. The van der Waals surface area contributed by atoms with Crippen LogP contribution in [0.4, 0.5) is 10.1 Å². The van der Waals surface area contributed by atoms with Crippen LogP contribution < -0.4 is 10.5 Å². The molecule has 0 spiro atoms. The third-order valence-corrected chi connectivity index (χ3v) is 3.17. The van der Waals surface area contributed by atoms with Gasteiger partial charge in [-0.25, -0.2) is 4.39 Å². The second-order valence-electron chi connectivity index (χ2n) is 2.90. The topological polar surface area (TPSA) is 66.5 Å². The van der Waals surface area contributed by atoms with Crippen molar-refractivity contribution in [2.45, 2.75) is 0 Å². The summed E-state index contributed by atoms with van der Waals surface area (Å²) in [5.41, 5.74) is 5.56. The van der Waals surface area contributed by atoms with Gasteiger partial charge in [0, 0.05) is 4.78 Å². The molecule has 1 aromatic heterocycles. The Balaban J connectivity index is 2.71. The molecule has 1 aromatic carbocycles. The van der Waals surface area contributed by atoms with Crippen LogP contribution in [-0.2, 0) is 0 Å². The summed E-state index contributed by atoms with van der Waals surface area (Å²) in [6.45, 7) is 0. The lowest BCUT2D eigenvalue weighted by Crippen LogP contribution is -2.26. The van der Waals surface area contributed by atoms with Gasteiger partial charge >= 0.3 is 7.12 Å². The molecule has 0 saturated carbocycles. The lowest BCUT2D eigenvalue weighted by Gasteiger charge is -1.96. The van der Waals surface area contributed by atoms with Gasteiger partial charge in [0.25, 0.3) is 0 Å². The standard InChI is InChI=1S/C8H7BFNO2S/c10-5-2-1-4-3-6(9(12)13)14-8(4)7(5)11/h1-3,12-13H,11H2. The zero-order chi connectivity index (χ0) is 10.3. The maximum Gasteiger partial charge on any atom is 0.499 e. The molecule has 0 atom stereocenters. The number of rotatable bonds is 1. The predicted molar refractivity (Wildman–Crippen MR) is 56.0 cm³/mol. The van der Waals surface area contributed by atoms with Crippen molar-refractivity contribution in [3.05, 3.63) is 24.0 Å². The summed E-state index contributed by atoms with van der Waals surface area (Å²) in [4.78, 5) is 0. The summed E-state index contributed by atoms with van der Waals surface area (Å²) < 4.78 is 13.9. The van der Waals surface area contributed by atoms with Crippen LogP contribution >= 0.6 is 11.3 Å². The van der Waals surface area contributed by atoms with Gasteiger partial charge < -0.3 is 15.8 Å². The molecule has 0 saturated heterocycles. The maximum atomic E-state index is 13.0. The highest BCUT2D eigenvalue weighted by Crippen LogP contribution is 2.27. The highest BCUT2D eigenvalue weighted by Gasteiger charge is 2.16. The number of hydrogen-bond acceptors (Lipinski definition) is 4. The second kappa shape index (κ2) is 3.23. The summed E-state index contributed by atoms with van der Waals surface area (Å²) in [6, 6.07) is 4.40. The predicted octanol–water partition coefficient (Wildman–Crippen LogP) is 0.302. The highest BCUT2D eigenvalue weighted by molar-refractivity contribution is 7.28. The van der Waals surface area contributed by atoms with Gasteiger partial charge in [-0.1, -0.05) is 6.07 Å². The van der Waals surface area contributed by atoms with Crippen LogP contribution in [0.25, 0.3) is 10.1 Å². The highest BCUT2D eigenvalue weighted by atomic mass is 32.1. The van der Waals surface area contributed by atoms with Crippen LogP contribution in [0, 0.1) is 5.82 Å². The molecular formula is C8H7BFNO2S. The first kappa shape index (κ1) is 9.45. The number of hydrogen-bond donors (Lipinski definition) is 3. The molecule has 0 bridgehead atoms. The van der Waals surface area contributed by atoms with E-state index in [4.69, 9.17) is 15.8 Å². The summed E-state index contributed by atoms with van der Waals surface area (Å²) in [5.74, 6) is -0.488. The molecule has 1 heterocycles. The average Bonchev–Trinajstić information content (AvgIpc) is 2.56. The van der Waals surface area contributed by atoms with Crippen LogP contribution in [0.5, 0.6) is 0 Å². The molecule has 0 aliphatic carbocycles. The summed E-state index contributed by atoms with van der Waals surface area (Å²) in [7, 11) is -1.53. The van der Waals surface area contributed by atoms with Crippen molar-refractivity contribution >= 4 is 39.0 Å². The minimum absolute atomic E-state index is 0.0550. The first-order valence-corrected chi connectivity index (χ1v) is 4.75. The fourth-order valence-electron chi connectivity index (χ4n) is 1.25. The van der Waals surface area contributed by atoms with E-state index < -0.39 is 12.9 Å². The van der Waals surface area contributed by atoms with E-state index in [0.717, 1.165) is 16.7 Å². The van der Waals surface area contributed by atoms with Crippen LogP contribution in [0.3, 0.4) is 0 Å². The van der Waals surface area contributed by atoms with E-state index in [1.807, 2.05) is 0 Å². The zero-order valence-electron chi connectivity index (χ0n) is 7.07. The number of anilines is 1. The fourth-order valence-corrected chi connectivity index (χ4v) is 2.23. The van der Waals surface area contributed by atoms with Gasteiger partial charge in [0.05, 0.1) is 10.4 Å². The smallest absolute Gasteiger partial charge is 0.423 e. The van der Waals surface area contributed by atoms with Crippen molar-refractivity contribution < 1.29 is 14.4 Å². The van der Waals surface area contributed by atoms with E-state index in [1.54, 1.807) is 12.1 Å². The third-order valence-electron chi connectivity index (χ3n) is 1.95. The minimum Gasteiger partial charge on any atom is -0.423 e. The summed E-state index contributed by atoms with van der Waals surface area (Å²) in [5, 5.41) is 18.6. The number of benzene rings is 1. The van der Waals surface area contributed by atoms with E-state index >= 15 is 0 Å². The molecule has 6 heteroatoms. The van der Waals surface area contributed by atoms with Crippen LogP contribution in [-0.4, -0.2) is 17.2 Å². The zero-order valence-corrected chi connectivity index (χ0v) is 7.88. The second-order valence-corrected chi connectivity index (χ2v) is 3.99. The Morgan fingerprint density at radius 3 is 2.71 bits per heavy atom. The molecular weight excluding hydrogens is 204 g/mol. The minimum atomic E-state index is -1.53. The van der Waals surface area contributed by atoms with Crippen molar-refractivity contribution in [3.63, 3.8) is 0 Å². The molecule has 3 nitrogen and oxygen atoms in total. The monoisotopic (exact) mass is 211 g/mol. The molecule has 0 aliphatic heterocycles. The summed E-state index contributed by atoms with van der Waals surface area (Å²) in [6.07, 6.45) is 0. The quantitative estimate of drug-likeness (QED) is 0.469. The van der Waals surface area contributed by atoms with Gasteiger partial charge in [-0.05, 0) is 17.5 Å². The van der Waals surface area contributed by atoms with Crippen molar-refractivity contribution in [1.82, 2.24) is 0 Å². The number of halogens is 1. The van der Waals surface area contributed by atoms with E-state index in [0.29, 0.717) is 9.48 Å². The number of nitrogens with two attached hydrogens (primary N) is 1. The molecule has 14 heavy (non-hydrogen) atoms. The van der Waals surface area contributed by atoms with Crippen molar-refractivity contribution in [3.8, 4) is 0 Å². The third kappa shape index (κ3) is 1.37. The molecule has 0 unspecified atom stereocenters. The Morgan fingerprint density at radius 2 is 2.07 bits per heavy atom. The first-order valence-electron chi connectivity index (χ1n) is 3.93. The Bertz CT molecular complexity index is 485. The van der Waals surface area contributed by atoms with Crippen LogP contribution in [0.1, 0.15) is 0 Å².